The molecule has 0 spiro atoms. The molecular formula is C18H12N4O2. The van der Waals surface area contributed by atoms with Gasteiger partial charge in [0.05, 0.1) is 0 Å². The molecule has 0 aliphatic carbocycles. The molecule has 0 saturated carbocycles. The predicted molar refractivity (Wildman–Crippen MR) is 89.0 cm³/mol. The molecule has 0 unspecified atom stereocenters. The van der Waals surface area contributed by atoms with E-state index >= 15 is 0 Å². The number of nitrogens with zero attached hydrogens (tertiary/aromatic N) is 3. The molecule has 0 saturated heterocycles. The van der Waals surface area contributed by atoms with E-state index in [2.05, 4.69) is 20.1 Å². The fraction of sp³-hybridized carbons (Fsp3) is 0. The van der Waals surface area contributed by atoms with Crippen molar-refractivity contribution in [2.24, 2.45) is 0 Å². The van der Waals surface area contributed by atoms with Crippen molar-refractivity contribution in [3.63, 3.8) is 0 Å². The van der Waals surface area contributed by atoms with Crippen LogP contribution in [0.4, 0.5) is 0 Å². The molecule has 116 valence electrons. The summed E-state index contributed by atoms with van der Waals surface area (Å²) in [7, 11) is 0. The Morgan fingerprint density at radius 1 is 0.917 bits per heavy atom. The van der Waals surface area contributed by atoms with Crippen LogP contribution >= 0.6 is 0 Å². The van der Waals surface area contributed by atoms with Crippen LogP contribution in [-0.2, 0) is 0 Å². The summed E-state index contributed by atoms with van der Waals surface area (Å²) in [5.41, 5.74) is 2.20. The summed E-state index contributed by atoms with van der Waals surface area (Å²) in [5, 5.41) is 4.02. The van der Waals surface area contributed by atoms with E-state index in [1.807, 2.05) is 36.4 Å². The Hall–Kier alpha value is -3.54. The van der Waals surface area contributed by atoms with Crippen molar-refractivity contribution in [2.45, 2.75) is 0 Å². The van der Waals surface area contributed by atoms with Crippen molar-refractivity contribution in [3.8, 4) is 34.1 Å². The lowest BCUT2D eigenvalue weighted by Gasteiger charge is -2.00. The lowest BCUT2D eigenvalue weighted by molar-refractivity contribution is 0.434. The van der Waals surface area contributed by atoms with Crippen molar-refractivity contribution >= 4 is 0 Å². The van der Waals surface area contributed by atoms with Gasteiger partial charge in [0, 0.05) is 24.0 Å². The molecule has 1 aromatic carbocycles. The predicted octanol–water partition coefficient (Wildman–Crippen LogP) is 3.15. The second kappa shape index (κ2) is 5.92. The van der Waals surface area contributed by atoms with Gasteiger partial charge in [-0.1, -0.05) is 41.6 Å². The summed E-state index contributed by atoms with van der Waals surface area (Å²) in [6.07, 6.45) is 3.12. The maximum atomic E-state index is 12.3. The van der Waals surface area contributed by atoms with E-state index in [0.717, 1.165) is 5.56 Å². The molecule has 0 fully saturated rings. The molecule has 0 amide bonds. The van der Waals surface area contributed by atoms with E-state index in [9.17, 15) is 4.79 Å². The number of rotatable bonds is 3. The molecule has 4 aromatic rings. The van der Waals surface area contributed by atoms with Crippen molar-refractivity contribution in [3.05, 3.63) is 77.3 Å². The Bertz CT molecular complexity index is 1020. The SMILES string of the molecule is O=c1[nH]c(-c2ccccn2)ncc1-c1cc(-c2ccccc2)no1. The first kappa shape index (κ1) is 14.1. The molecule has 1 N–H and O–H groups in total. The zero-order chi connectivity index (χ0) is 16.4. The van der Waals surface area contributed by atoms with Crippen molar-refractivity contribution in [2.75, 3.05) is 0 Å². The molecule has 3 aromatic heterocycles. The zero-order valence-electron chi connectivity index (χ0n) is 12.5. The molecule has 0 bridgehead atoms. The number of aromatic amines is 1. The first-order valence-corrected chi connectivity index (χ1v) is 7.34. The van der Waals surface area contributed by atoms with Crippen LogP contribution in [0.15, 0.2) is 76.3 Å². The number of hydrogen-bond acceptors (Lipinski definition) is 5. The largest absolute Gasteiger partial charge is 0.355 e. The fourth-order valence-electron chi connectivity index (χ4n) is 2.35. The molecule has 3 heterocycles. The fourth-order valence-corrected chi connectivity index (χ4v) is 2.35. The Labute approximate surface area is 136 Å². The second-order valence-electron chi connectivity index (χ2n) is 5.13. The zero-order valence-corrected chi connectivity index (χ0v) is 12.5. The minimum atomic E-state index is -0.304. The quantitative estimate of drug-likeness (QED) is 0.627. The van der Waals surface area contributed by atoms with Gasteiger partial charge in [0.25, 0.3) is 5.56 Å². The van der Waals surface area contributed by atoms with Gasteiger partial charge in [-0.2, -0.15) is 0 Å². The van der Waals surface area contributed by atoms with Crippen molar-refractivity contribution < 1.29 is 4.52 Å². The third-order valence-electron chi connectivity index (χ3n) is 3.55. The first-order valence-electron chi connectivity index (χ1n) is 7.34. The van der Waals surface area contributed by atoms with Gasteiger partial charge in [-0.05, 0) is 12.1 Å². The monoisotopic (exact) mass is 316 g/mol. The number of hydrogen-bond donors (Lipinski definition) is 1. The van der Waals surface area contributed by atoms with Crippen LogP contribution in [0.5, 0.6) is 0 Å². The van der Waals surface area contributed by atoms with Gasteiger partial charge in [0.2, 0.25) is 0 Å². The molecule has 0 atom stereocenters. The van der Waals surface area contributed by atoms with Crippen molar-refractivity contribution in [1.29, 1.82) is 0 Å². The molecule has 0 aliphatic heterocycles. The Morgan fingerprint density at radius 3 is 2.50 bits per heavy atom. The highest BCUT2D eigenvalue weighted by Crippen LogP contribution is 2.23. The number of benzene rings is 1. The summed E-state index contributed by atoms with van der Waals surface area (Å²) < 4.78 is 5.31. The molecule has 6 nitrogen and oxygen atoms in total. The van der Waals surface area contributed by atoms with Crippen LogP contribution < -0.4 is 5.56 Å². The highest BCUT2D eigenvalue weighted by Gasteiger charge is 2.13. The van der Waals surface area contributed by atoms with E-state index < -0.39 is 0 Å². The van der Waals surface area contributed by atoms with Gasteiger partial charge in [0.15, 0.2) is 11.6 Å². The van der Waals surface area contributed by atoms with Gasteiger partial charge in [-0.3, -0.25) is 9.78 Å². The first-order chi connectivity index (χ1) is 11.8. The van der Waals surface area contributed by atoms with Gasteiger partial charge in [0.1, 0.15) is 17.0 Å². The molecule has 24 heavy (non-hydrogen) atoms. The molecule has 0 radical (unpaired) electrons. The minimum Gasteiger partial charge on any atom is -0.355 e. The van der Waals surface area contributed by atoms with E-state index in [0.29, 0.717) is 28.5 Å². The third kappa shape index (κ3) is 2.61. The number of H-pyrrole nitrogens is 1. The normalized spacial score (nSPS) is 10.7. The van der Waals surface area contributed by atoms with Crippen LogP contribution in [0, 0.1) is 0 Å². The molecule has 4 rings (SSSR count). The summed E-state index contributed by atoms with van der Waals surface area (Å²) >= 11 is 0. The molecule has 6 heteroatoms. The Balaban J connectivity index is 1.71. The highest BCUT2D eigenvalue weighted by atomic mass is 16.5. The Morgan fingerprint density at radius 2 is 1.75 bits per heavy atom. The lowest BCUT2D eigenvalue weighted by atomic mass is 10.1. The van der Waals surface area contributed by atoms with E-state index in [1.54, 1.807) is 24.4 Å². The van der Waals surface area contributed by atoms with Crippen LogP contribution in [-0.4, -0.2) is 20.1 Å². The number of pyridine rings is 1. The average molecular weight is 316 g/mol. The van der Waals surface area contributed by atoms with Crippen LogP contribution in [0.1, 0.15) is 0 Å². The minimum absolute atomic E-state index is 0.304. The van der Waals surface area contributed by atoms with Gasteiger partial charge >= 0.3 is 0 Å². The summed E-state index contributed by atoms with van der Waals surface area (Å²) in [4.78, 5) is 23.5. The van der Waals surface area contributed by atoms with E-state index in [-0.39, 0.29) is 5.56 Å². The van der Waals surface area contributed by atoms with E-state index in [4.69, 9.17) is 4.52 Å². The average Bonchev–Trinajstić information content (AvgIpc) is 3.13. The third-order valence-corrected chi connectivity index (χ3v) is 3.55. The van der Waals surface area contributed by atoms with Crippen LogP contribution in [0.2, 0.25) is 0 Å². The maximum Gasteiger partial charge on any atom is 0.262 e. The Kier molecular flexibility index (Phi) is 3.47. The second-order valence-corrected chi connectivity index (χ2v) is 5.13. The molecular weight excluding hydrogens is 304 g/mol. The molecule has 0 aliphatic rings. The van der Waals surface area contributed by atoms with Gasteiger partial charge < -0.3 is 9.51 Å². The smallest absolute Gasteiger partial charge is 0.262 e. The number of aromatic nitrogens is 4. The summed E-state index contributed by atoms with van der Waals surface area (Å²) in [6, 6.07) is 16.7. The summed E-state index contributed by atoms with van der Waals surface area (Å²) in [6.45, 7) is 0. The number of nitrogens with one attached hydrogen (secondary N) is 1. The van der Waals surface area contributed by atoms with Gasteiger partial charge in [-0.15, -0.1) is 0 Å². The standard InChI is InChI=1S/C18H12N4O2/c23-18-13(11-20-17(21-18)14-8-4-5-9-19-14)16-10-15(22-24-16)12-6-2-1-3-7-12/h1-11H,(H,20,21,23). The maximum absolute atomic E-state index is 12.3. The van der Waals surface area contributed by atoms with Crippen LogP contribution in [0.3, 0.4) is 0 Å². The van der Waals surface area contributed by atoms with Crippen LogP contribution in [0.25, 0.3) is 34.1 Å². The van der Waals surface area contributed by atoms with E-state index in [1.165, 1.54) is 6.20 Å². The topological polar surface area (TPSA) is 84.7 Å². The highest BCUT2D eigenvalue weighted by molar-refractivity contribution is 5.66. The van der Waals surface area contributed by atoms with Crippen molar-refractivity contribution in [1.82, 2.24) is 20.1 Å². The lowest BCUT2D eigenvalue weighted by Crippen LogP contribution is -2.11. The summed E-state index contributed by atoms with van der Waals surface area (Å²) in [5.74, 6) is 0.780. The van der Waals surface area contributed by atoms with Gasteiger partial charge in [-0.25, -0.2) is 4.98 Å².